The number of nitrogens with one attached hydrogen (secondary N) is 2. The highest BCUT2D eigenvalue weighted by molar-refractivity contribution is 7.89. The van der Waals surface area contributed by atoms with Crippen LogP contribution in [0.5, 0.6) is 0 Å². The molecule has 2 N–H and O–H groups in total. The number of carbonyl (C=O) groups excluding carboxylic acids is 2. The van der Waals surface area contributed by atoms with Gasteiger partial charge in [-0.15, -0.1) is 6.58 Å². The molecular weight excluding hydrogens is 292 g/mol. The van der Waals surface area contributed by atoms with Gasteiger partial charge in [-0.2, -0.15) is 4.72 Å². The molecule has 0 radical (unpaired) electrons. The molecular formula is C14H18N2O4S. The highest BCUT2D eigenvalue weighted by Gasteiger charge is 2.21. The van der Waals surface area contributed by atoms with Gasteiger partial charge in [-0.05, 0) is 26.0 Å². The average molecular weight is 310 g/mol. The van der Waals surface area contributed by atoms with E-state index in [4.69, 9.17) is 0 Å². The van der Waals surface area contributed by atoms with Gasteiger partial charge in [0.25, 0.3) is 0 Å². The Hall–Kier alpha value is -1.99. The number of amides is 1. The lowest BCUT2D eigenvalue weighted by Gasteiger charge is -2.14. The van der Waals surface area contributed by atoms with Gasteiger partial charge in [0.15, 0.2) is 5.78 Å². The summed E-state index contributed by atoms with van der Waals surface area (Å²) < 4.78 is 26.5. The second-order valence-corrected chi connectivity index (χ2v) is 6.17. The molecule has 0 aromatic heterocycles. The lowest BCUT2D eigenvalue weighted by molar-refractivity contribution is -0.122. The quantitative estimate of drug-likeness (QED) is 0.577. The molecule has 0 unspecified atom stereocenters. The molecule has 0 aliphatic carbocycles. The fraction of sp³-hybridized carbons (Fsp3) is 0.286. The SMILES string of the molecule is C=CCNC(=O)[C@H](C)NS(=O)(=O)c1ccc(C(C)=O)cc1. The van der Waals surface area contributed by atoms with E-state index >= 15 is 0 Å². The molecule has 0 bridgehead atoms. The van der Waals surface area contributed by atoms with Gasteiger partial charge in [-0.1, -0.05) is 18.2 Å². The number of rotatable bonds is 7. The van der Waals surface area contributed by atoms with Crippen molar-refractivity contribution >= 4 is 21.7 Å². The maximum Gasteiger partial charge on any atom is 0.241 e. The van der Waals surface area contributed by atoms with E-state index in [0.717, 1.165) is 0 Å². The molecule has 0 aliphatic heterocycles. The zero-order chi connectivity index (χ0) is 16.0. The monoisotopic (exact) mass is 310 g/mol. The van der Waals surface area contributed by atoms with Gasteiger partial charge in [-0.3, -0.25) is 9.59 Å². The van der Waals surface area contributed by atoms with E-state index in [2.05, 4.69) is 16.6 Å². The van der Waals surface area contributed by atoms with Crippen molar-refractivity contribution in [1.82, 2.24) is 10.0 Å². The Morgan fingerprint density at radius 1 is 1.29 bits per heavy atom. The van der Waals surface area contributed by atoms with Crippen molar-refractivity contribution in [2.45, 2.75) is 24.8 Å². The Balaban J connectivity index is 2.83. The first-order chi connectivity index (χ1) is 9.77. The number of hydrogen-bond acceptors (Lipinski definition) is 4. The Labute approximate surface area is 124 Å². The summed E-state index contributed by atoms with van der Waals surface area (Å²) in [5, 5.41) is 2.50. The van der Waals surface area contributed by atoms with Crippen LogP contribution in [0.2, 0.25) is 0 Å². The fourth-order valence-corrected chi connectivity index (χ4v) is 2.75. The van der Waals surface area contributed by atoms with E-state index < -0.39 is 22.0 Å². The number of Topliss-reactive ketones (excluding diaryl/α,β-unsaturated/α-hetero) is 1. The third-order valence-corrected chi connectivity index (χ3v) is 4.27. The fourth-order valence-electron chi connectivity index (χ4n) is 1.55. The van der Waals surface area contributed by atoms with Gasteiger partial charge in [0.2, 0.25) is 15.9 Å². The van der Waals surface area contributed by atoms with Crippen LogP contribution in [-0.4, -0.2) is 32.7 Å². The van der Waals surface area contributed by atoms with Gasteiger partial charge in [0, 0.05) is 12.1 Å². The van der Waals surface area contributed by atoms with Crippen LogP contribution >= 0.6 is 0 Å². The lowest BCUT2D eigenvalue weighted by atomic mass is 10.2. The van der Waals surface area contributed by atoms with E-state index in [9.17, 15) is 18.0 Å². The van der Waals surface area contributed by atoms with Crippen molar-refractivity contribution < 1.29 is 18.0 Å². The summed E-state index contributed by atoms with van der Waals surface area (Å²) in [5.41, 5.74) is 0.422. The molecule has 0 saturated heterocycles. The number of carbonyl (C=O) groups is 2. The second-order valence-electron chi connectivity index (χ2n) is 4.46. The van der Waals surface area contributed by atoms with Crippen molar-refractivity contribution in [1.29, 1.82) is 0 Å². The van der Waals surface area contributed by atoms with Crippen LogP contribution in [0.1, 0.15) is 24.2 Å². The largest absolute Gasteiger partial charge is 0.351 e. The Kier molecular flexibility index (Phi) is 5.80. The van der Waals surface area contributed by atoms with Gasteiger partial charge in [-0.25, -0.2) is 8.42 Å². The zero-order valence-electron chi connectivity index (χ0n) is 11.9. The molecule has 1 aromatic rings. The summed E-state index contributed by atoms with van der Waals surface area (Å²) in [6.07, 6.45) is 1.50. The number of sulfonamides is 1. The molecule has 1 amide bonds. The highest BCUT2D eigenvalue weighted by Crippen LogP contribution is 2.11. The van der Waals surface area contributed by atoms with Gasteiger partial charge < -0.3 is 5.32 Å². The number of benzene rings is 1. The summed E-state index contributed by atoms with van der Waals surface area (Å²) in [7, 11) is -3.82. The predicted molar refractivity (Wildman–Crippen MR) is 79.4 cm³/mol. The Morgan fingerprint density at radius 3 is 2.33 bits per heavy atom. The van der Waals surface area contributed by atoms with Crippen LogP contribution in [0.3, 0.4) is 0 Å². The molecule has 114 valence electrons. The number of hydrogen-bond donors (Lipinski definition) is 2. The molecule has 1 rings (SSSR count). The topological polar surface area (TPSA) is 92.3 Å². The van der Waals surface area contributed by atoms with E-state index in [0.29, 0.717) is 5.56 Å². The summed E-state index contributed by atoms with van der Waals surface area (Å²) >= 11 is 0. The van der Waals surface area contributed by atoms with Crippen LogP contribution < -0.4 is 10.0 Å². The normalized spacial score (nSPS) is 12.5. The van der Waals surface area contributed by atoms with Crippen LogP contribution in [0.4, 0.5) is 0 Å². The van der Waals surface area contributed by atoms with Crippen LogP contribution in [0, 0.1) is 0 Å². The van der Waals surface area contributed by atoms with Crippen molar-refractivity contribution in [3.8, 4) is 0 Å². The minimum Gasteiger partial charge on any atom is -0.351 e. The lowest BCUT2D eigenvalue weighted by Crippen LogP contribution is -2.44. The average Bonchev–Trinajstić information content (AvgIpc) is 2.44. The van der Waals surface area contributed by atoms with Crippen molar-refractivity contribution in [2.24, 2.45) is 0 Å². The minimum absolute atomic E-state index is 0.00382. The first-order valence-corrected chi connectivity index (χ1v) is 7.78. The summed E-state index contributed by atoms with van der Waals surface area (Å²) in [5.74, 6) is -0.595. The Bertz CT molecular complexity index is 635. The highest BCUT2D eigenvalue weighted by atomic mass is 32.2. The molecule has 1 aromatic carbocycles. The van der Waals surface area contributed by atoms with E-state index in [1.54, 1.807) is 0 Å². The summed E-state index contributed by atoms with van der Waals surface area (Å²) in [6.45, 7) is 6.56. The number of ketones is 1. The van der Waals surface area contributed by atoms with Crippen LogP contribution in [0.25, 0.3) is 0 Å². The van der Waals surface area contributed by atoms with Gasteiger partial charge in [0.05, 0.1) is 10.9 Å². The molecule has 0 saturated carbocycles. The molecule has 1 atom stereocenters. The summed E-state index contributed by atoms with van der Waals surface area (Å²) in [4.78, 5) is 22.8. The zero-order valence-corrected chi connectivity index (χ0v) is 12.7. The molecule has 0 heterocycles. The molecule has 0 fully saturated rings. The standard InChI is InChI=1S/C14H18N2O4S/c1-4-9-15-14(18)10(2)16-21(19,20)13-7-5-12(6-8-13)11(3)17/h4-8,10,16H,1,9H2,2-3H3,(H,15,18)/t10-/m0/s1. The summed E-state index contributed by atoms with van der Waals surface area (Å²) in [6, 6.07) is 4.60. The first-order valence-electron chi connectivity index (χ1n) is 6.30. The second kappa shape index (κ2) is 7.14. The van der Waals surface area contributed by atoms with Gasteiger partial charge >= 0.3 is 0 Å². The molecule has 0 aliphatic rings. The van der Waals surface area contributed by atoms with Crippen molar-refractivity contribution in [3.05, 3.63) is 42.5 Å². The maximum absolute atomic E-state index is 12.1. The van der Waals surface area contributed by atoms with Gasteiger partial charge in [0.1, 0.15) is 0 Å². The van der Waals surface area contributed by atoms with E-state index in [1.807, 2.05) is 0 Å². The maximum atomic E-state index is 12.1. The molecule has 6 nitrogen and oxygen atoms in total. The van der Waals surface area contributed by atoms with E-state index in [-0.39, 0.29) is 17.2 Å². The van der Waals surface area contributed by atoms with Crippen LogP contribution in [0.15, 0.2) is 41.8 Å². The third kappa shape index (κ3) is 4.80. The minimum atomic E-state index is -3.82. The molecule has 7 heteroatoms. The smallest absolute Gasteiger partial charge is 0.241 e. The van der Waals surface area contributed by atoms with E-state index in [1.165, 1.54) is 44.2 Å². The molecule has 0 spiro atoms. The van der Waals surface area contributed by atoms with Crippen molar-refractivity contribution in [2.75, 3.05) is 6.54 Å². The van der Waals surface area contributed by atoms with Crippen molar-refractivity contribution in [3.63, 3.8) is 0 Å². The van der Waals surface area contributed by atoms with Crippen LogP contribution in [-0.2, 0) is 14.8 Å². The third-order valence-electron chi connectivity index (χ3n) is 2.72. The predicted octanol–water partition coefficient (Wildman–Crippen LogP) is 0.858. The first kappa shape index (κ1) is 17.1. The Morgan fingerprint density at radius 2 is 1.86 bits per heavy atom. The molecule has 21 heavy (non-hydrogen) atoms.